The lowest BCUT2D eigenvalue weighted by Crippen LogP contribution is -2.46. The van der Waals surface area contributed by atoms with Gasteiger partial charge in [-0.1, -0.05) is 12.1 Å². The molecule has 0 unspecified atom stereocenters. The fourth-order valence-electron chi connectivity index (χ4n) is 5.97. The van der Waals surface area contributed by atoms with Crippen LogP contribution in [0.5, 0.6) is 0 Å². The van der Waals surface area contributed by atoms with Gasteiger partial charge < -0.3 is 34.7 Å². The van der Waals surface area contributed by atoms with Gasteiger partial charge in [-0.3, -0.25) is 0 Å². The lowest BCUT2D eigenvalue weighted by Gasteiger charge is -2.40. The number of carbonyl (C=O) groups is 2. The van der Waals surface area contributed by atoms with Gasteiger partial charge in [-0.15, -0.1) is 12.4 Å². The zero-order valence-electron chi connectivity index (χ0n) is 24.4. The van der Waals surface area contributed by atoms with Crippen LogP contribution in [0.4, 0.5) is 13.2 Å². The zero-order chi connectivity index (χ0) is 29.9. The van der Waals surface area contributed by atoms with Crippen molar-refractivity contribution >= 4 is 24.3 Å². The zero-order valence-corrected chi connectivity index (χ0v) is 25.2. The molecule has 1 aromatic carbocycles. The maximum atomic E-state index is 13.3. The molecule has 2 saturated heterocycles. The van der Waals surface area contributed by atoms with E-state index < -0.39 is 29.6 Å². The monoisotopic (exact) mass is 615 g/mol. The number of carboxylic acid groups (broad SMARTS) is 2. The molecule has 2 fully saturated rings. The van der Waals surface area contributed by atoms with Crippen LogP contribution in [-0.2, 0) is 15.8 Å². The number of alkyl halides is 3. The molecule has 0 amide bonds. The van der Waals surface area contributed by atoms with Crippen LogP contribution in [0.3, 0.4) is 0 Å². The first-order chi connectivity index (χ1) is 19.4. The van der Waals surface area contributed by atoms with Crippen LogP contribution < -0.4 is 0 Å². The molecule has 13 heteroatoms. The number of benzene rings is 1. The number of rotatable bonds is 9. The van der Waals surface area contributed by atoms with Gasteiger partial charge >= 0.3 is 18.1 Å². The number of piperazine rings is 2. The van der Waals surface area contributed by atoms with E-state index in [0.29, 0.717) is 37.3 Å². The molecule has 0 radical (unpaired) electrons. The van der Waals surface area contributed by atoms with Crippen molar-refractivity contribution in [2.45, 2.75) is 24.9 Å². The van der Waals surface area contributed by atoms with Gasteiger partial charge in [-0.05, 0) is 31.8 Å². The Hall–Kier alpha value is -2.64. The second-order valence-electron chi connectivity index (χ2n) is 11.2. The average Bonchev–Trinajstić information content (AvgIpc) is 2.92. The molecule has 3 aliphatic heterocycles. The van der Waals surface area contributed by atoms with Crippen molar-refractivity contribution in [2.75, 3.05) is 86.6 Å². The summed E-state index contributed by atoms with van der Waals surface area (Å²) in [5.41, 5.74) is 0.153. The Kier molecular flexibility index (Phi) is 11.5. The van der Waals surface area contributed by atoms with Gasteiger partial charge in [0.1, 0.15) is 0 Å². The fourth-order valence-corrected chi connectivity index (χ4v) is 5.97. The minimum Gasteiger partial charge on any atom is -0.478 e. The van der Waals surface area contributed by atoms with Gasteiger partial charge in [0.05, 0.1) is 22.6 Å². The summed E-state index contributed by atoms with van der Waals surface area (Å²) in [6.45, 7) is 8.13. The molecule has 1 aromatic rings. The predicted octanol–water partition coefficient (Wildman–Crippen LogP) is 3.11. The quantitative estimate of drug-likeness (QED) is 0.435. The van der Waals surface area contributed by atoms with Crippen molar-refractivity contribution in [3.05, 3.63) is 57.9 Å². The number of carboxylic acids is 2. The summed E-state index contributed by atoms with van der Waals surface area (Å²) < 4.78 is 40.0. The Morgan fingerprint density at radius 2 is 1.12 bits per heavy atom. The van der Waals surface area contributed by atoms with Gasteiger partial charge in [-0.25, -0.2) is 9.59 Å². The average molecular weight is 616 g/mol. The highest BCUT2D eigenvalue weighted by Crippen LogP contribution is 2.44. The van der Waals surface area contributed by atoms with E-state index in [9.17, 15) is 33.0 Å². The second-order valence-corrected chi connectivity index (χ2v) is 11.2. The molecular weight excluding hydrogens is 575 g/mol. The van der Waals surface area contributed by atoms with Crippen LogP contribution >= 0.6 is 12.4 Å². The summed E-state index contributed by atoms with van der Waals surface area (Å²) in [7, 11) is 5.82. The first-order valence-corrected chi connectivity index (χ1v) is 14.0. The lowest BCUT2D eigenvalue weighted by molar-refractivity contribution is -0.138. The Morgan fingerprint density at radius 3 is 1.45 bits per heavy atom. The number of hydrogen-bond donors (Lipinski definition) is 2. The lowest BCUT2D eigenvalue weighted by atomic mass is 9.78. The molecule has 0 bridgehead atoms. The molecule has 42 heavy (non-hydrogen) atoms. The maximum Gasteiger partial charge on any atom is 0.416 e. The van der Waals surface area contributed by atoms with E-state index in [1.54, 1.807) is 11.9 Å². The smallest absolute Gasteiger partial charge is 0.416 e. The minimum atomic E-state index is -4.57. The van der Waals surface area contributed by atoms with Gasteiger partial charge in [0.25, 0.3) is 0 Å². The summed E-state index contributed by atoms with van der Waals surface area (Å²) >= 11 is 0. The summed E-state index contributed by atoms with van der Waals surface area (Å²) in [5, 5.41) is 20.9. The van der Waals surface area contributed by atoms with Crippen LogP contribution in [0, 0.1) is 0 Å². The molecule has 0 aliphatic carbocycles. The van der Waals surface area contributed by atoms with Crippen LogP contribution in [-0.4, -0.2) is 133 Å². The summed E-state index contributed by atoms with van der Waals surface area (Å²) in [6, 6.07) is 4.20. The molecule has 4 rings (SSSR count). The topological polar surface area (TPSA) is 90.8 Å². The highest BCUT2D eigenvalue weighted by atomic mass is 35.5. The number of halogens is 4. The predicted molar refractivity (Wildman–Crippen MR) is 156 cm³/mol. The molecule has 0 aromatic heterocycles. The van der Waals surface area contributed by atoms with E-state index in [2.05, 4.69) is 33.7 Å². The Morgan fingerprint density at radius 1 is 0.738 bits per heavy atom. The normalized spacial score (nSPS) is 20.7. The number of hydrogen-bond acceptors (Lipinski definition) is 7. The number of aliphatic carboxylic acids is 2. The number of nitrogens with zero attached hydrogens (tertiary/aromatic N) is 5. The SMILES string of the molecule is CN1CCN(CCC2=C(C(=O)O)C(c3ccc(C(F)(F)F)cc3)C(C(=O)O)=C(CCN3CCN(C)CC3)N2C)CC1.Cl. The van der Waals surface area contributed by atoms with Gasteiger partial charge in [0.15, 0.2) is 0 Å². The van der Waals surface area contributed by atoms with Crippen LogP contribution in [0.25, 0.3) is 0 Å². The molecule has 0 spiro atoms. The van der Waals surface area contributed by atoms with E-state index in [4.69, 9.17) is 0 Å². The largest absolute Gasteiger partial charge is 0.478 e. The van der Waals surface area contributed by atoms with Gasteiger partial charge in [0, 0.05) is 96.7 Å². The highest BCUT2D eigenvalue weighted by molar-refractivity contribution is 5.98. The molecule has 3 heterocycles. The van der Waals surface area contributed by atoms with E-state index in [1.807, 2.05) is 0 Å². The molecular formula is C29H41ClF3N5O4. The molecule has 9 nitrogen and oxygen atoms in total. The van der Waals surface area contributed by atoms with Crippen molar-refractivity contribution in [2.24, 2.45) is 0 Å². The minimum absolute atomic E-state index is 0. The molecule has 2 N–H and O–H groups in total. The summed E-state index contributed by atoms with van der Waals surface area (Å²) in [4.78, 5) is 36.3. The standard InChI is InChI=1S/C29H40F3N5O4.ClH/c1-33-12-16-36(17-13-33)10-8-22-25(27(38)39)24(20-4-6-21(7-5-20)29(30,31)32)26(28(40)41)23(35(22)3)9-11-37-18-14-34(2)15-19-37;/h4-7,24H,8-19H2,1-3H3,(H,38,39)(H,40,41);1H. The van der Waals surface area contributed by atoms with Gasteiger partial charge in [-0.2, -0.15) is 13.2 Å². The van der Waals surface area contributed by atoms with Crippen molar-refractivity contribution in [1.29, 1.82) is 0 Å². The van der Waals surface area contributed by atoms with E-state index >= 15 is 0 Å². The highest BCUT2D eigenvalue weighted by Gasteiger charge is 2.41. The fraction of sp³-hybridized carbons (Fsp3) is 0.586. The second kappa shape index (κ2) is 14.2. The maximum absolute atomic E-state index is 13.3. The molecule has 3 aliphatic rings. The van der Waals surface area contributed by atoms with Crippen LogP contribution in [0.15, 0.2) is 46.8 Å². The van der Waals surface area contributed by atoms with Crippen molar-refractivity contribution in [1.82, 2.24) is 24.5 Å². The molecule has 0 atom stereocenters. The third-order valence-electron chi connectivity index (χ3n) is 8.56. The van der Waals surface area contributed by atoms with Gasteiger partial charge in [0.2, 0.25) is 0 Å². The van der Waals surface area contributed by atoms with Crippen LogP contribution in [0.2, 0.25) is 0 Å². The number of likely N-dealkylation sites (N-methyl/N-ethyl adjacent to an activating group) is 2. The van der Waals surface area contributed by atoms with E-state index in [0.717, 1.165) is 64.5 Å². The van der Waals surface area contributed by atoms with Crippen molar-refractivity contribution in [3.8, 4) is 0 Å². The molecule has 0 saturated carbocycles. The third kappa shape index (κ3) is 7.84. The first-order valence-electron chi connectivity index (χ1n) is 14.0. The first kappa shape index (κ1) is 33.9. The Labute approximate surface area is 251 Å². The van der Waals surface area contributed by atoms with Crippen molar-refractivity contribution < 1.29 is 33.0 Å². The third-order valence-corrected chi connectivity index (χ3v) is 8.56. The molecule has 234 valence electrons. The summed E-state index contributed by atoms with van der Waals surface area (Å²) in [5.74, 6) is -3.74. The van der Waals surface area contributed by atoms with E-state index in [-0.39, 0.29) is 29.1 Å². The Balaban J connectivity index is 0.00000484. The Bertz CT molecular complexity index is 1110. The summed E-state index contributed by atoms with van der Waals surface area (Å²) in [6.07, 6.45) is -3.81. The van der Waals surface area contributed by atoms with E-state index in [1.165, 1.54) is 12.1 Å². The van der Waals surface area contributed by atoms with Crippen molar-refractivity contribution in [3.63, 3.8) is 0 Å². The van der Waals surface area contributed by atoms with Crippen LogP contribution in [0.1, 0.15) is 29.9 Å².